The standard InChI is InChI=1S/C14H14O3/c15-14(16)12-6-5-11-7-9-3-1-2-4-10(9)8-13(11)17-12/h6-8H,1-5H2,(H,15,16). The topological polar surface area (TPSA) is 46.5 Å². The van der Waals surface area contributed by atoms with Crippen LogP contribution in [0.5, 0.6) is 5.75 Å². The predicted octanol–water partition coefficient (Wildman–Crippen LogP) is 2.47. The minimum absolute atomic E-state index is 0.0493. The Kier molecular flexibility index (Phi) is 2.39. The Hall–Kier alpha value is -1.77. The highest BCUT2D eigenvalue weighted by Gasteiger charge is 2.20. The van der Waals surface area contributed by atoms with Crippen molar-refractivity contribution in [1.29, 1.82) is 0 Å². The van der Waals surface area contributed by atoms with Gasteiger partial charge >= 0.3 is 5.97 Å². The molecule has 1 aliphatic carbocycles. The number of hydrogen-bond acceptors (Lipinski definition) is 2. The molecule has 1 aromatic carbocycles. The molecule has 0 bridgehead atoms. The molecule has 0 atom stereocenters. The first-order chi connectivity index (χ1) is 8.24. The van der Waals surface area contributed by atoms with E-state index >= 15 is 0 Å². The van der Waals surface area contributed by atoms with Gasteiger partial charge < -0.3 is 9.84 Å². The SMILES string of the molecule is O=C(O)C1=CCc2cc3c(cc2O1)CCCC3. The number of carbonyl (C=O) groups is 1. The van der Waals surface area contributed by atoms with Gasteiger partial charge in [0.1, 0.15) is 5.75 Å². The molecule has 88 valence electrons. The molecule has 0 unspecified atom stereocenters. The second-order valence-corrected chi connectivity index (χ2v) is 4.62. The number of carboxylic acid groups (broad SMARTS) is 1. The van der Waals surface area contributed by atoms with E-state index in [0.29, 0.717) is 6.42 Å². The first-order valence-corrected chi connectivity index (χ1v) is 6.00. The summed E-state index contributed by atoms with van der Waals surface area (Å²) in [5.41, 5.74) is 3.84. The highest BCUT2D eigenvalue weighted by atomic mass is 16.5. The fourth-order valence-corrected chi connectivity index (χ4v) is 2.56. The number of benzene rings is 1. The maximum absolute atomic E-state index is 10.9. The summed E-state index contributed by atoms with van der Waals surface area (Å²) in [5.74, 6) is -0.216. The second-order valence-electron chi connectivity index (χ2n) is 4.62. The molecule has 0 fully saturated rings. The lowest BCUT2D eigenvalue weighted by Crippen LogP contribution is -2.14. The summed E-state index contributed by atoms with van der Waals surface area (Å²) >= 11 is 0. The van der Waals surface area contributed by atoms with Gasteiger partial charge in [-0.15, -0.1) is 0 Å². The summed E-state index contributed by atoms with van der Waals surface area (Å²) in [4.78, 5) is 10.9. The van der Waals surface area contributed by atoms with Crippen LogP contribution >= 0.6 is 0 Å². The Morgan fingerprint density at radius 1 is 1.12 bits per heavy atom. The lowest BCUT2D eigenvalue weighted by molar-refractivity contribution is -0.135. The lowest BCUT2D eigenvalue weighted by atomic mass is 9.89. The van der Waals surface area contributed by atoms with E-state index < -0.39 is 5.97 Å². The number of aryl methyl sites for hydroxylation is 2. The molecule has 1 aromatic rings. The van der Waals surface area contributed by atoms with E-state index in [1.54, 1.807) is 6.08 Å². The Morgan fingerprint density at radius 2 is 1.82 bits per heavy atom. The van der Waals surface area contributed by atoms with Crippen molar-refractivity contribution < 1.29 is 14.6 Å². The lowest BCUT2D eigenvalue weighted by Gasteiger charge is -2.22. The van der Waals surface area contributed by atoms with Crippen LogP contribution < -0.4 is 4.74 Å². The molecule has 1 heterocycles. The highest BCUT2D eigenvalue weighted by Crippen LogP contribution is 2.33. The molecular weight excluding hydrogens is 216 g/mol. The van der Waals surface area contributed by atoms with Crippen molar-refractivity contribution in [2.75, 3.05) is 0 Å². The van der Waals surface area contributed by atoms with Gasteiger partial charge in [-0.2, -0.15) is 0 Å². The predicted molar refractivity (Wildman–Crippen MR) is 63.1 cm³/mol. The van der Waals surface area contributed by atoms with E-state index in [9.17, 15) is 4.79 Å². The molecule has 3 rings (SSSR count). The van der Waals surface area contributed by atoms with Crippen LogP contribution in [0.15, 0.2) is 24.0 Å². The van der Waals surface area contributed by atoms with Gasteiger partial charge in [0.25, 0.3) is 0 Å². The average molecular weight is 230 g/mol. The van der Waals surface area contributed by atoms with Crippen molar-refractivity contribution in [3.05, 3.63) is 40.7 Å². The number of aliphatic carboxylic acids is 1. The van der Waals surface area contributed by atoms with Gasteiger partial charge in [-0.3, -0.25) is 0 Å². The number of ether oxygens (including phenoxy) is 1. The summed E-state index contributed by atoms with van der Waals surface area (Å²) in [5, 5.41) is 8.91. The van der Waals surface area contributed by atoms with Crippen LogP contribution in [0.25, 0.3) is 0 Å². The smallest absolute Gasteiger partial charge is 0.371 e. The fraction of sp³-hybridized carbons (Fsp3) is 0.357. The molecular formula is C14H14O3. The summed E-state index contributed by atoms with van der Waals surface area (Å²) in [6.07, 6.45) is 6.98. The normalized spacial score (nSPS) is 17.5. The minimum atomic E-state index is -0.992. The van der Waals surface area contributed by atoms with Crippen molar-refractivity contribution in [3.8, 4) is 5.75 Å². The third kappa shape index (κ3) is 1.82. The molecule has 0 amide bonds. The van der Waals surface area contributed by atoms with Gasteiger partial charge in [0.05, 0.1) is 0 Å². The molecule has 1 N–H and O–H groups in total. The molecule has 0 saturated heterocycles. The van der Waals surface area contributed by atoms with Gasteiger partial charge in [-0.05, 0) is 60.9 Å². The van der Waals surface area contributed by atoms with Crippen LogP contribution in [-0.4, -0.2) is 11.1 Å². The molecule has 3 heteroatoms. The van der Waals surface area contributed by atoms with Crippen molar-refractivity contribution in [3.63, 3.8) is 0 Å². The second kappa shape index (κ2) is 3.91. The van der Waals surface area contributed by atoms with Gasteiger partial charge in [0.2, 0.25) is 5.76 Å². The summed E-state index contributed by atoms with van der Waals surface area (Å²) in [7, 11) is 0. The number of hydrogen-bond donors (Lipinski definition) is 1. The number of allylic oxidation sites excluding steroid dienone is 1. The summed E-state index contributed by atoms with van der Waals surface area (Å²) < 4.78 is 5.42. The third-order valence-electron chi connectivity index (χ3n) is 3.46. The monoisotopic (exact) mass is 230 g/mol. The van der Waals surface area contributed by atoms with Gasteiger partial charge in [0, 0.05) is 0 Å². The molecule has 0 radical (unpaired) electrons. The van der Waals surface area contributed by atoms with E-state index in [2.05, 4.69) is 6.07 Å². The van der Waals surface area contributed by atoms with E-state index in [-0.39, 0.29) is 5.76 Å². The van der Waals surface area contributed by atoms with Crippen LogP contribution in [0.3, 0.4) is 0 Å². The van der Waals surface area contributed by atoms with Crippen LogP contribution in [0, 0.1) is 0 Å². The van der Waals surface area contributed by atoms with Crippen LogP contribution in [-0.2, 0) is 24.1 Å². The van der Waals surface area contributed by atoms with Gasteiger partial charge in [-0.25, -0.2) is 4.79 Å². The largest absolute Gasteiger partial charge is 0.475 e. The third-order valence-corrected chi connectivity index (χ3v) is 3.46. The average Bonchev–Trinajstić information content (AvgIpc) is 2.35. The van der Waals surface area contributed by atoms with E-state index in [0.717, 1.165) is 24.2 Å². The molecule has 0 aromatic heterocycles. The van der Waals surface area contributed by atoms with E-state index in [4.69, 9.17) is 9.84 Å². The molecule has 2 aliphatic rings. The first-order valence-electron chi connectivity index (χ1n) is 6.00. The highest BCUT2D eigenvalue weighted by molar-refractivity contribution is 5.85. The zero-order chi connectivity index (χ0) is 11.8. The van der Waals surface area contributed by atoms with E-state index in [1.807, 2.05) is 6.07 Å². The van der Waals surface area contributed by atoms with Crippen LogP contribution in [0.1, 0.15) is 29.5 Å². The fourth-order valence-electron chi connectivity index (χ4n) is 2.56. The number of fused-ring (bicyclic) bond motifs is 2. The Labute approximate surface area is 99.7 Å². The number of carboxylic acids is 1. The maximum Gasteiger partial charge on any atom is 0.371 e. The zero-order valence-corrected chi connectivity index (χ0v) is 9.53. The molecule has 0 spiro atoms. The minimum Gasteiger partial charge on any atom is -0.475 e. The maximum atomic E-state index is 10.9. The van der Waals surface area contributed by atoms with Gasteiger partial charge in [-0.1, -0.05) is 6.07 Å². The number of rotatable bonds is 1. The Morgan fingerprint density at radius 3 is 2.53 bits per heavy atom. The zero-order valence-electron chi connectivity index (χ0n) is 9.53. The summed E-state index contributed by atoms with van der Waals surface area (Å²) in [6.45, 7) is 0. The molecule has 17 heavy (non-hydrogen) atoms. The Bertz CT molecular complexity index is 514. The van der Waals surface area contributed by atoms with E-state index in [1.165, 1.54) is 24.0 Å². The van der Waals surface area contributed by atoms with Crippen LogP contribution in [0.2, 0.25) is 0 Å². The molecule has 0 saturated carbocycles. The summed E-state index contributed by atoms with van der Waals surface area (Å²) in [6, 6.07) is 4.21. The molecule has 1 aliphatic heterocycles. The quantitative estimate of drug-likeness (QED) is 0.806. The molecule has 3 nitrogen and oxygen atoms in total. The Balaban J connectivity index is 1.98. The van der Waals surface area contributed by atoms with Crippen molar-refractivity contribution >= 4 is 5.97 Å². The first kappa shape index (κ1) is 10.4. The van der Waals surface area contributed by atoms with Crippen molar-refractivity contribution in [1.82, 2.24) is 0 Å². The van der Waals surface area contributed by atoms with Crippen molar-refractivity contribution in [2.24, 2.45) is 0 Å². The van der Waals surface area contributed by atoms with Crippen LogP contribution in [0.4, 0.5) is 0 Å². The van der Waals surface area contributed by atoms with Gasteiger partial charge in [0.15, 0.2) is 0 Å². The van der Waals surface area contributed by atoms with Crippen molar-refractivity contribution in [2.45, 2.75) is 32.1 Å².